The normalized spacial score (nSPS) is 20.2. The number of rotatable bonds is 4. The summed E-state index contributed by atoms with van der Waals surface area (Å²) in [6.45, 7) is 0.950. The number of nitrogens with zero attached hydrogens (tertiary/aromatic N) is 2. The van der Waals surface area contributed by atoms with Crippen molar-refractivity contribution >= 4 is 5.82 Å². The molecular weight excluding hydrogens is 222 g/mol. The maximum Gasteiger partial charge on any atom is 0.349 e. The van der Waals surface area contributed by atoms with Crippen LogP contribution in [0.15, 0.2) is 17.1 Å². The zero-order valence-electron chi connectivity index (χ0n) is 9.63. The highest BCUT2D eigenvalue weighted by Crippen LogP contribution is 2.14. The van der Waals surface area contributed by atoms with Gasteiger partial charge in [-0.15, -0.1) is 0 Å². The van der Waals surface area contributed by atoms with Crippen LogP contribution in [0.25, 0.3) is 0 Å². The first kappa shape index (κ1) is 12.1. The van der Waals surface area contributed by atoms with Crippen LogP contribution in [0.4, 0.5) is 5.82 Å². The Kier molecular flexibility index (Phi) is 4.11. The van der Waals surface area contributed by atoms with Crippen molar-refractivity contribution in [2.45, 2.75) is 32.0 Å². The molecule has 0 spiro atoms. The van der Waals surface area contributed by atoms with Crippen LogP contribution >= 0.6 is 0 Å². The van der Waals surface area contributed by atoms with Gasteiger partial charge in [-0.3, -0.25) is 4.57 Å². The zero-order chi connectivity index (χ0) is 12.1. The molecule has 0 bridgehead atoms. The fraction of sp³-hybridized carbons (Fsp3) is 0.636. The van der Waals surface area contributed by atoms with Crippen molar-refractivity contribution in [1.29, 1.82) is 0 Å². The predicted octanol–water partition coefficient (Wildman–Crippen LogP) is 0.174. The number of hydrogen-bond donors (Lipinski definition) is 2. The molecule has 2 N–H and O–H groups in total. The summed E-state index contributed by atoms with van der Waals surface area (Å²) in [7, 11) is 0. The number of aliphatic hydroxyl groups is 1. The van der Waals surface area contributed by atoms with Gasteiger partial charge < -0.3 is 15.2 Å². The topological polar surface area (TPSA) is 76.4 Å². The van der Waals surface area contributed by atoms with Crippen molar-refractivity contribution in [1.82, 2.24) is 9.55 Å². The van der Waals surface area contributed by atoms with Gasteiger partial charge in [0, 0.05) is 12.8 Å². The van der Waals surface area contributed by atoms with Gasteiger partial charge in [0.1, 0.15) is 12.0 Å². The zero-order valence-corrected chi connectivity index (χ0v) is 9.63. The van der Waals surface area contributed by atoms with Crippen molar-refractivity contribution in [3.8, 4) is 0 Å². The minimum Gasteiger partial charge on any atom is -0.395 e. The molecule has 0 unspecified atom stereocenters. The number of aromatic nitrogens is 2. The molecule has 1 aromatic rings. The average Bonchev–Trinajstić information content (AvgIpc) is 2.34. The highest BCUT2D eigenvalue weighted by Gasteiger charge is 2.13. The molecule has 2 heterocycles. The van der Waals surface area contributed by atoms with Crippen molar-refractivity contribution in [3.63, 3.8) is 0 Å². The van der Waals surface area contributed by atoms with Gasteiger partial charge in [-0.1, -0.05) is 0 Å². The Morgan fingerprint density at radius 3 is 3.12 bits per heavy atom. The van der Waals surface area contributed by atoms with E-state index in [0.29, 0.717) is 5.82 Å². The number of anilines is 1. The summed E-state index contributed by atoms with van der Waals surface area (Å²) in [5.41, 5.74) is -0.361. The van der Waals surface area contributed by atoms with Gasteiger partial charge in [-0.05, 0) is 25.3 Å². The summed E-state index contributed by atoms with van der Waals surface area (Å²) >= 11 is 0. The molecule has 17 heavy (non-hydrogen) atoms. The molecule has 0 aliphatic carbocycles. The van der Waals surface area contributed by atoms with Crippen LogP contribution in [0.5, 0.6) is 0 Å². The summed E-state index contributed by atoms with van der Waals surface area (Å²) in [6.07, 6.45) is 4.71. The lowest BCUT2D eigenvalue weighted by molar-refractivity contribution is 0.0340. The summed E-state index contributed by atoms with van der Waals surface area (Å²) < 4.78 is 6.87. The minimum absolute atomic E-state index is 0.0515. The second kappa shape index (κ2) is 5.79. The highest BCUT2D eigenvalue weighted by atomic mass is 16.5. The Morgan fingerprint density at radius 2 is 2.47 bits per heavy atom. The molecule has 1 aliphatic heterocycles. The van der Waals surface area contributed by atoms with Gasteiger partial charge in [0.2, 0.25) is 0 Å². The number of ether oxygens (including phenoxy) is 1. The summed E-state index contributed by atoms with van der Waals surface area (Å²) in [4.78, 5) is 15.4. The van der Waals surface area contributed by atoms with Crippen LogP contribution in [0.3, 0.4) is 0 Å². The average molecular weight is 239 g/mol. The van der Waals surface area contributed by atoms with E-state index in [4.69, 9.17) is 9.84 Å². The summed E-state index contributed by atoms with van der Waals surface area (Å²) in [5, 5.41) is 11.8. The molecule has 6 nitrogen and oxygen atoms in total. The molecule has 1 fully saturated rings. The quantitative estimate of drug-likeness (QED) is 0.783. The molecule has 6 heteroatoms. The first-order valence-corrected chi connectivity index (χ1v) is 5.86. The second-order valence-electron chi connectivity index (χ2n) is 4.01. The second-order valence-corrected chi connectivity index (χ2v) is 4.01. The molecule has 1 saturated heterocycles. The van der Waals surface area contributed by atoms with E-state index < -0.39 is 0 Å². The molecule has 1 atom stereocenters. The van der Waals surface area contributed by atoms with Gasteiger partial charge >= 0.3 is 5.69 Å². The molecule has 0 saturated carbocycles. The molecule has 94 valence electrons. The first-order valence-electron chi connectivity index (χ1n) is 5.86. The van der Waals surface area contributed by atoms with E-state index in [-0.39, 0.29) is 25.1 Å². The highest BCUT2D eigenvalue weighted by molar-refractivity contribution is 5.32. The standard InChI is InChI=1S/C11H17N3O3/c15-7-6-14-5-4-9(13-11(14)16)12-10-3-1-2-8-17-10/h4-5,10,15H,1-3,6-8H2,(H,12,13,16)/t10-/m1/s1. The van der Waals surface area contributed by atoms with E-state index in [1.807, 2.05) is 0 Å². The van der Waals surface area contributed by atoms with E-state index in [1.165, 1.54) is 4.57 Å². The largest absolute Gasteiger partial charge is 0.395 e. The van der Waals surface area contributed by atoms with Gasteiger partial charge in [0.15, 0.2) is 0 Å². The fourth-order valence-corrected chi connectivity index (χ4v) is 1.81. The third kappa shape index (κ3) is 3.28. The Labute approximate surface area is 99.2 Å². The monoisotopic (exact) mass is 239 g/mol. The van der Waals surface area contributed by atoms with Gasteiger partial charge in [-0.25, -0.2) is 4.79 Å². The summed E-state index contributed by atoms with van der Waals surface area (Å²) in [6, 6.07) is 1.72. The molecule has 0 aromatic carbocycles. The van der Waals surface area contributed by atoms with E-state index in [0.717, 1.165) is 25.9 Å². The van der Waals surface area contributed by atoms with E-state index in [1.54, 1.807) is 12.3 Å². The van der Waals surface area contributed by atoms with Gasteiger partial charge in [0.25, 0.3) is 0 Å². The number of hydrogen-bond acceptors (Lipinski definition) is 5. The third-order valence-corrected chi connectivity index (χ3v) is 2.70. The Morgan fingerprint density at radius 1 is 1.59 bits per heavy atom. The van der Waals surface area contributed by atoms with E-state index >= 15 is 0 Å². The van der Waals surface area contributed by atoms with Crippen molar-refractivity contribution < 1.29 is 9.84 Å². The Hall–Kier alpha value is -1.40. The van der Waals surface area contributed by atoms with Gasteiger partial charge in [-0.2, -0.15) is 4.98 Å². The molecule has 1 aromatic heterocycles. The van der Waals surface area contributed by atoms with Crippen LogP contribution in [0.1, 0.15) is 19.3 Å². The van der Waals surface area contributed by atoms with Gasteiger partial charge in [0.05, 0.1) is 13.2 Å². The smallest absolute Gasteiger partial charge is 0.349 e. The molecule has 0 amide bonds. The van der Waals surface area contributed by atoms with Crippen LogP contribution in [-0.4, -0.2) is 34.1 Å². The van der Waals surface area contributed by atoms with Crippen LogP contribution in [-0.2, 0) is 11.3 Å². The first-order chi connectivity index (χ1) is 8.29. The SMILES string of the molecule is O=c1nc(N[C@H]2CCCCO2)ccn1CCO. The van der Waals surface area contributed by atoms with Crippen LogP contribution in [0.2, 0.25) is 0 Å². The van der Waals surface area contributed by atoms with Crippen molar-refractivity contribution in [2.24, 2.45) is 0 Å². The molecule has 0 radical (unpaired) electrons. The lowest BCUT2D eigenvalue weighted by Crippen LogP contribution is -2.30. The third-order valence-electron chi connectivity index (χ3n) is 2.70. The summed E-state index contributed by atoms with van der Waals surface area (Å²) in [5.74, 6) is 0.524. The molecular formula is C11H17N3O3. The maximum absolute atomic E-state index is 11.5. The molecule has 1 aliphatic rings. The Bertz CT molecular complexity index is 413. The van der Waals surface area contributed by atoms with Crippen molar-refractivity contribution in [3.05, 3.63) is 22.7 Å². The Balaban J connectivity index is 2.01. The lowest BCUT2D eigenvalue weighted by atomic mass is 10.2. The van der Waals surface area contributed by atoms with Crippen LogP contribution < -0.4 is 11.0 Å². The maximum atomic E-state index is 11.5. The molecule has 2 rings (SSSR count). The van der Waals surface area contributed by atoms with E-state index in [2.05, 4.69) is 10.3 Å². The number of aliphatic hydroxyl groups excluding tert-OH is 1. The fourth-order valence-electron chi connectivity index (χ4n) is 1.81. The van der Waals surface area contributed by atoms with Crippen molar-refractivity contribution in [2.75, 3.05) is 18.5 Å². The predicted molar refractivity (Wildman–Crippen MR) is 62.8 cm³/mol. The number of nitrogens with one attached hydrogen (secondary N) is 1. The minimum atomic E-state index is -0.361. The van der Waals surface area contributed by atoms with Crippen LogP contribution in [0, 0.1) is 0 Å². The lowest BCUT2D eigenvalue weighted by Gasteiger charge is -2.23. The van der Waals surface area contributed by atoms with E-state index in [9.17, 15) is 4.79 Å².